The minimum Gasteiger partial charge on any atom is -0.457 e. The lowest BCUT2D eigenvalue weighted by Crippen LogP contribution is -2.61. The van der Waals surface area contributed by atoms with Gasteiger partial charge in [0, 0.05) is 13.0 Å². The van der Waals surface area contributed by atoms with Gasteiger partial charge in [0.1, 0.15) is 54.9 Å². The summed E-state index contributed by atoms with van der Waals surface area (Å²) in [4.78, 5) is 13.1. The number of carbonyl (C=O) groups is 1. The highest BCUT2D eigenvalue weighted by atomic mass is 16.7. The van der Waals surface area contributed by atoms with Crippen molar-refractivity contribution in [1.82, 2.24) is 0 Å². The summed E-state index contributed by atoms with van der Waals surface area (Å²) in [6.07, 6.45) is 40.3. The van der Waals surface area contributed by atoms with Crippen molar-refractivity contribution < 1.29 is 69.0 Å². The van der Waals surface area contributed by atoms with Crippen LogP contribution in [0.1, 0.15) is 296 Å². The lowest BCUT2D eigenvalue weighted by molar-refractivity contribution is -0.332. The van der Waals surface area contributed by atoms with Gasteiger partial charge in [0.05, 0.1) is 26.4 Å². The number of ether oxygens (including phenoxy) is 6. The summed E-state index contributed by atoms with van der Waals surface area (Å²) in [6.45, 7) is 3.79. The van der Waals surface area contributed by atoms with E-state index in [1.165, 1.54) is 231 Å². The van der Waals surface area contributed by atoms with Crippen molar-refractivity contribution in [2.45, 2.75) is 364 Å². The van der Waals surface area contributed by atoms with E-state index in [1.54, 1.807) is 0 Å². The van der Waals surface area contributed by atoms with Gasteiger partial charge < -0.3 is 64.2 Å². The van der Waals surface area contributed by atoms with Crippen molar-refractivity contribution >= 4 is 5.97 Å². The van der Waals surface area contributed by atoms with Crippen molar-refractivity contribution in [3.8, 4) is 0 Å². The Bertz CT molecular complexity index is 1280. The van der Waals surface area contributed by atoms with Crippen molar-refractivity contribution in [3.63, 3.8) is 0 Å². The van der Waals surface area contributed by atoms with Crippen LogP contribution in [0, 0.1) is 0 Å². The molecule has 11 atom stereocenters. The van der Waals surface area contributed by atoms with E-state index in [4.69, 9.17) is 28.4 Å². The van der Waals surface area contributed by atoms with Crippen LogP contribution in [0.5, 0.6) is 0 Å². The second kappa shape index (κ2) is 50.7. The zero-order valence-electron chi connectivity index (χ0n) is 49.5. The zero-order chi connectivity index (χ0) is 55.8. The molecule has 0 aromatic rings. The summed E-state index contributed by atoms with van der Waals surface area (Å²) in [5, 5.41) is 72.5. The Morgan fingerprint density at radius 1 is 0.377 bits per heavy atom. The predicted molar refractivity (Wildman–Crippen MR) is 308 cm³/mol. The topological polar surface area (TPSA) is 214 Å². The molecule has 458 valence electrons. The lowest BCUT2D eigenvalue weighted by atomic mass is 9.98. The molecule has 0 spiro atoms. The average molecular weight is 1100 g/mol. The summed E-state index contributed by atoms with van der Waals surface area (Å²) in [7, 11) is 0. The van der Waals surface area contributed by atoms with Gasteiger partial charge in [-0.05, 0) is 12.8 Å². The Kier molecular flexibility index (Phi) is 47.5. The van der Waals surface area contributed by atoms with Crippen LogP contribution in [0.2, 0.25) is 0 Å². The fourth-order valence-corrected chi connectivity index (χ4v) is 10.9. The summed E-state index contributed by atoms with van der Waals surface area (Å²) in [5.74, 6) is -0.365. The van der Waals surface area contributed by atoms with Crippen molar-refractivity contribution in [2.75, 3.05) is 33.0 Å². The van der Waals surface area contributed by atoms with E-state index in [9.17, 15) is 40.5 Å². The number of carbonyl (C=O) groups excluding carboxylic acids is 1. The highest BCUT2D eigenvalue weighted by Gasteiger charge is 2.47. The van der Waals surface area contributed by atoms with Crippen LogP contribution < -0.4 is 0 Å². The van der Waals surface area contributed by atoms with Gasteiger partial charge in [-0.15, -0.1) is 0 Å². The van der Waals surface area contributed by atoms with E-state index in [0.29, 0.717) is 6.61 Å². The molecule has 0 aromatic carbocycles. The zero-order valence-corrected chi connectivity index (χ0v) is 49.5. The van der Waals surface area contributed by atoms with E-state index < -0.39 is 80.7 Å². The first-order valence-electron chi connectivity index (χ1n) is 32.6. The molecule has 14 nitrogen and oxygen atoms in total. The molecule has 2 saturated heterocycles. The second-order valence-corrected chi connectivity index (χ2v) is 23.3. The number of aliphatic hydroxyl groups excluding tert-OH is 7. The third-order valence-electron chi connectivity index (χ3n) is 16.1. The summed E-state index contributed by atoms with van der Waals surface area (Å²) < 4.78 is 34.5. The van der Waals surface area contributed by atoms with E-state index in [0.717, 1.165) is 44.9 Å². The molecule has 77 heavy (non-hydrogen) atoms. The largest absolute Gasteiger partial charge is 0.457 e. The molecular formula is C63H122O14. The van der Waals surface area contributed by atoms with E-state index in [1.807, 2.05) is 0 Å². The van der Waals surface area contributed by atoms with Crippen LogP contribution in [0.25, 0.3) is 0 Å². The van der Waals surface area contributed by atoms with Crippen molar-refractivity contribution in [1.29, 1.82) is 0 Å². The number of hydrogen-bond acceptors (Lipinski definition) is 14. The Morgan fingerprint density at radius 2 is 0.688 bits per heavy atom. The Balaban J connectivity index is 1.66. The molecule has 0 bridgehead atoms. The van der Waals surface area contributed by atoms with Crippen LogP contribution in [0.3, 0.4) is 0 Å². The molecule has 14 heteroatoms. The van der Waals surface area contributed by atoms with Crippen LogP contribution in [-0.2, 0) is 33.2 Å². The van der Waals surface area contributed by atoms with Crippen molar-refractivity contribution in [2.24, 2.45) is 0 Å². The summed E-state index contributed by atoms with van der Waals surface area (Å²) in [5.41, 5.74) is 0. The normalized spacial score (nSPS) is 24.2. The number of rotatable bonds is 55. The smallest absolute Gasteiger partial charge is 0.306 e. The SMILES string of the molecule is CCCCCCCCCCCCCCCCCCCCCCCCC(=O)OC(COCCCCCCCCCCCCCCCCCCCCCCC)COC1OC(COC2OC(CO)C(O)C(O)C2O)C(O)C(O)C1O. The molecule has 0 amide bonds. The minimum atomic E-state index is -1.70. The molecule has 11 unspecified atom stereocenters. The molecule has 2 aliphatic heterocycles. The van der Waals surface area contributed by atoms with Gasteiger partial charge >= 0.3 is 5.97 Å². The molecule has 0 radical (unpaired) electrons. The van der Waals surface area contributed by atoms with Gasteiger partial charge in [0.25, 0.3) is 0 Å². The van der Waals surface area contributed by atoms with Gasteiger partial charge in [0.15, 0.2) is 12.6 Å². The molecule has 2 aliphatic rings. The fourth-order valence-electron chi connectivity index (χ4n) is 10.9. The molecule has 2 rings (SSSR count). The van der Waals surface area contributed by atoms with Crippen LogP contribution in [0.15, 0.2) is 0 Å². The molecule has 2 fully saturated rings. The number of aliphatic hydroxyl groups is 7. The number of hydrogen-bond donors (Lipinski definition) is 7. The molecular weight excluding hydrogens is 981 g/mol. The summed E-state index contributed by atoms with van der Waals surface area (Å²) in [6, 6.07) is 0. The van der Waals surface area contributed by atoms with Crippen molar-refractivity contribution in [3.05, 3.63) is 0 Å². The first kappa shape index (κ1) is 72.1. The first-order valence-corrected chi connectivity index (χ1v) is 32.6. The van der Waals surface area contributed by atoms with E-state index in [-0.39, 0.29) is 25.6 Å². The van der Waals surface area contributed by atoms with Crippen LogP contribution in [-0.4, -0.2) is 142 Å². The monoisotopic (exact) mass is 1100 g/mol. The maximum atomic E-state index is 13.1. The highest BCUT2D eigenvalue weighted by molar-refractivity contribution is 5.69. The average Bonchev–Trinajstić information content (AvgIpc) is 3.43. The Labute approximate surface area is 470 Å². The fraction of sp³-hybridized carbons (Fsp3) is 0.984. The Hall–Kier alpha value is -1.01. The molecule has 2 heterocycles. The van der Waals surface area contributed by atoms with E-state index in [2.05, 4.69) is 13.8 Å². The maximum absolute atomic E-state index is 13.1. The molecule has 0 aliphatic carbocycles. The van der Waals surface area contributed by atoms with E-state index >= 15 is 0 Å². The molecule has 0 aromatic heterocycles. The van der Waals surface area contributed by atoms with Crippen LogP contribution >= 0.6 is 0 Å². The van der Waals surface area contributed by atoms with Gasteiger partial charge in [-0.1, -0.05) is 277 Å². The molecule has 7 N–H and O–H groups in total. The third-order valence-corrected chi connectivity index (χ3v) is 16.1. The number of esters is 1. The standard InChI is InChI=1S/C63H122O14/c1-3-5-7-9-11-13-15-17-19-21-23-25-26-28-30-32-34-36-38-40-42-44-46-55(65)75-52(49-72-47-45-43-41-39-37-35-33-31-29-27-24-22-20-18-16-14-12-10-8-6-4-2)50-73-62-61(71)59(69)57(67)54(77-62)51-74-63-60(70)58(68)56(66)53(48-64)76-63/h52-54,56-64,66-71H,3-51H2,1-2H3. The van der Waals surface area contributed by atoms with Gasteiger partial charge in [-0.2, -0.15) is 0 Å². The molecule has 0 saturated carbocycles. The first-order chi connectivity index (χ1) is 37.6. The third kappa shape index (κ3) is 36.9. The maximum Gasteiger partial charge on any atom is 0.306 e. The second-order valence-electron chi connectivity index (χ2n) is 23.3. The van der Waals surface area contributed by atoms with Gasteiger partial charge in [0.2, 0.25) is 0 Å². The van der Waals surface area contributed by atoms with Gasteiger partial charge in [-0.3, -0.25) is 4.79 Å². The Morgan fingerprint density at radius 3 is 1.05 bits per heavy atom. The number of unbranched alkanes of at least 4 members (excludes halogenated alkanes) is 41. The minimum absolute atomic E-state index is 0.0714. The highest BCUT2D eigenvalue weighted by Crippen LogP contribution is 2.27. The quantitative estimate of drug-likeness (QED) is 0.0223. The summed E-state index contributed by atoms with van der Waals surface area (Å²) >= 11 is 0. The van der Waals surface area contributed by atoms with Gasteiger partial charge in [-0.25, -0.2) is 0 Å². The van der Waals surface area contributed by atoms with Crippen LogP contribution in [0.4, 0.5) is 0 Å². The predicted octanol–water partition coefficient (Wildman–Crippen LogP) is 12.8. The lowest BCUT2D eigenvalue weighted by Gasteiger charge is -2.42.